The maximum atomic E-state index is 15.7. The largest absolute Gasteiger partial charge is 0.462 e. The molecule has 20 nitrogen and oxygen atoms in total. The number of nitrogens with two attached hydrogens (primary N) is 1. The quantitative estimate of drug-likeness (QED) is 0.0521. The lowest BCUT2D eigenvalue weighted by Gasteiger charge is -2.27. The van der Waals surface area contributed by atoms with Gasteiger partial charge in [-0.3, -0.25) is 14.4 Å². The van der Waals surface area contributed by atoms with Crippen molar-refractivity contribution < 1.29 is 51.6 Å². The minimum atomic E-state index is -0.627. The summed E-state index contributed by atoms with van der Waals surface area (Å²) in [5.74, 6) is -1.06. The first-order chi connectivity index (χ1) is 45.3. The number of ether oxygens (including phenoxy) is 4. The Balaban J connectivity index is 0.000000158. The third-order valence-electron chi connectivity index (χ3n) is 19.6. The van der Waals surface area contributed by atoms with Crippen molar-refractivity contribution in [3.8, 4) is 0 Å². The predicted octanol–water partition coefficient (Wildman–Crippen LogP) is 11.8. The predicted molar refractivity (Wildman–Crippen MR) is 368 cm³/mol. The van der Waals surface area contributed by atoms with E-state index >= 15 is 13.2 Å². The molecule has 3 saturated heterocycles. The highest BCUT2D eigenvalue weighted by atomic mass is 19.1. The van der Waals surface area contributed by atoms with Crippen molar-refractivity contribution in [3.05, 3.63) is 118 Å². The molecule has 96 heavy (non-hydrogen) atoms. The van der Waals surface area contributed by atoms with Crippen LogP contribution in [0.4, 0.5) is 39.8 Å². The summed E-state index contributed by atoms with van der Waals surface area (Å²) in [5, 5.41) is 17.4. The zero-order valence-electron chi connectivity index (χ0n) is 58.3. The van der Waals surface area contributed by atoms with Crippen molar-refractivity contribution in [1.29, 1.82) is 0 Å². The summed E-state index contributed by atoms with van der Waals surface area (Å²) >= 11 is 0. The number of benzene rings is 3. The lowest BCUT2D eigenvalue weighted by molar-refractivity contribution is 0.0482. The van der Waals surface area contributed by atoms with Crippen molar-refractivity contribution in [3.63, 3.8) is 0 Å². The fraction of sp³-hybridized carbons (Fsp3) is 0.589. The Morgan fingerprint density at radius 1 is 0.562 bits per heavy atom. The van der Waals surface area contributed by atoms with Crippen LogP contribution in [-0.4, -0.2) is 119 Å². The Morgan fingerprint density at radius 2 is 0.917 bits per heavy atom. The fourth-order valence-corrected chi connectivity index (χ4v) is 14.6. The Bertz CT molecular complexity index is 4140. The number of esters is 1. The number of anilines is 3. The second-order valence-corrected chi connectivity index (χ2v) is 29.4. The molecule has 0 bridgehead atoms. The Hall–Kier alpha value is -7.63. The van der Waals surface area contributed by atoms with Crippen LogP contribution in [0.25, 0.3) is 32.7 Å². The number of hydrogen-bond donors (Lipinski definition) is 4. The lowest BCUT2D eigenvalue weighted by atomic mass is 10.0. The molecule has 3 aromatic carbocycles. The van der Waals surface area contributed by atoms with E-state index in [1.807, 2.05) is 97.5 Å². The van der Waals surface area contributed by atoms with Crippen molar-refractivity contribution in [2.24, 2.45) is 23.5 Å². The SMILES string of the molecule is CCOC(=O)c1cc(=O)n(C2CC2)c2c(C)c(N3CC[C@@H]([C@H](C)NC(=O)OC(C)(C)C)C3)c(F)cc12.COCc1cc(=O)n(C2CC2)c2c(C)c(N3CC[C@@H]([C@H](C)N)C3)c(F)cc12.Cc1c(N2CC[C@@H]([C@H](C)NC(=O)OC(C)(C)C)C2)c(F)cc2c(CO)cc(=O)n(C3CC3)c12. The van der Waals surface area contributed by atoms with Gasteiger partial charge in [0.1, 0.15) is 28.7 Å². The van der Waals surface area contributed by atoms with Crippen LogP contribution in [0.3, 0.4) is 0 Å². The van der Waals surface area contributed by atoms with Gasteiger partial charge in [-0.2, -0.15) is 0 Å². The van der Waals surface area contributed by atoms with E-state index in [0.29, 0.717) is 88.7 Å². The van der Waals surface area contributed by atoms with Gasteiger partial charge in [0.2, 0.25) is 0 Å². The number of hydrogen-bond acceptors (Lipinski definition) is 15. The van der Waals surface area contributed by atoms with E-state index in [1.165, 1.54) is 24.3 Å². The molecule has 3 aliphatic carbocycles. The van der Waals surface area contributed by atoms with Gasteiger partial charge in [0, 0.05) is 117 Å². The number of nitrogens with one attached hydrogen (secondary N) is 2. The number of rotatable bonds is 16. The van der Waals surface area contributed by atoms with Crippen LogP contribution in [0.1, 0.15) is 183 Å². The molecule has 6 fully saturated rings. The summed E-state index contributed by atoms with van der Waals surface area (Å²) in [7, 11) is 1.59. The molecule has 6 heterocycles. The van der Waals surface area contributed by atoms with Crippen LogP contribution in [-0.2, 0) is 32.2 Å². The standard InChI is InChI=1S/C27H36FN3O5.C25H34FN3O4.C21H28FN3O2/c1-7-35-25(33)20-13-22(32)31(18-8-9-18)23-15(2)24(21(28)12-19(20)23)30-11-10-17(14-30)16(3)29-26(34)36-27(4,5)6;1-14-22-19(17(13-30)10-21(31)29(22)18-6-7-18)11-20(26)23(14)28-9-8-16(12-28)15(2)27-24(32)33-25(3,4)5;1-12-20-17(15(11-27-3)8-19(26)25(20)16-4-5-16)9-18(22)21(12)24-7-6-14(10-24)13(2)23/h12-13,16-18H,7-11,14H2,1-6H3,(H,29,34);10-11,15-16,18,30H,6-9,12-13H2,1-5H3,(H,27,32);8-9,13-14,16H,4-7,10-11,23H2,1-3H3/t16-,17+;15-,16+;13-,14+/m000/s1. The van der Waals surface area contributed by atoms with E-state index in [1.54, 1.807) is 35.3 Å². The molecule has 3 aromatic heterocycles. The third-order valence-corrected chi connectivity index (χ3v) is 19.6. The smallest absolute Gasteiger partial charge is 0.407 e. The number of aliphatic hydroxyl groups is 1. The van der Waals surface area contributed by atoms with Gasteiger partial charge >= 0.3 is 18.2 Å². The number of carbonyl (C=O) groups excluding carboxylic acids is 3. The molecule has 23 heteroatoms. The summed E-state index contributed by atoms with van der Waals surface area (Å²) in [4.78, 5) is 81.8. The Labute approximate surface area is 559 Å². The van der Waals surface area contributed by atoms with Crippen LogP contribution < -0.4 is 47.7 Å². The van der Waals surface area contributed by atoms with Crippen molar-refractivity contribution in [2.75, 3.05) is 67.7 Å². The molecule has 2 amide bonds. The van der Waals surface area contributed by atoms with Crippen molar-refractivity contribution in [1.82, 2.24) is 24.3 Å². The first kappa shape index (κ1) is 71.2. The highest BCUT2D eigenvalue weighted by molar-refractivity contribution is 6.05. The van der Waals surface area contributed by atoms with Gasteiger partial charge in [0.15, 0.2) is 0 Å². The number of fused-ring (bicyclic) bond motifs is 3. The molecule has 3 aliphatic heterocycles. The molecule has 0 unspecified atom stereocenters. The second kappa shape index (κ2) is 28.4. The van der Waals surface area contributed by atoms with E-state index in [-0.39, 0.29) is 95.2 Å². The van der Waals surface area contributed by atoms with Crippen LogP contribution in [0.2, 0.25) is 0 Å². The topological polar surface area (TPSA) is 234 Å². The average Bonchev–Trinajstić information content (AvgIpc) is 1.01. The molecular weight excluding hydrogens is 1240 g/mol. The first-order valence-electron chi connectivity index (χ1n) is 34.2. The minimum absolute atomic E-state index is 0.0208. The van der Waals surface area contributed by atoms with Crippen LogP contribution in [0, 0.1) is 56.0 Å². The molecule has 0 radical (unpaired) electrons. The summed E-state index contributed by atoms with van der Waals surface area (Å²) < 4.78 is 72.8. The van der Waals surface area contributed by atoms with Crippen LogP contribution >= 0.6 is 0 Å². The fourth-order valence-electron chi connectivity index (χ4n) is 14.6. The van der Waals surface area contributed by atoms with Gasteiger partial charge in [-0.15, -0.1) is 0 Å². The van der Waals surface area contributed by atoms with Crippen molar-refractivity contribution >= 4 is 67.9 Å². The van der Waals surface area contributed by atoms with Crippen LogP contribution in [0.5, 0.6) is 0 Å². The van der Waals surface area contributed by atoms with Gasteiger partial charge in [0.05, 0.1) is 59.0 Å². The normalized spacial score (nSPS) is 19.8. The molecule has 522 valence electrons. The molecule has 6 aliphatic rings. The molecule has 6 atom stereocenters. The highest BCUT2D eigenvalue weighted by Crippen LogP contribution is 2.45. The monoisotopic (exact) mass is 1330 g/mol. The maximum Gasteiger partial charge on any atom is 0.407 e. The second-order valence-electron chi connectivity index (χ2n) is 29.4. The lowest BCUT2D eigenvalue weighted by Crippen LogP contribution is -2.42. The summed E-state index contributed by atoms with van der Waals surface area (Å²) in [6.45, 7) is 28.2. The number of carbonyl (C=O) groups is 3. The molecule has 0 spiro atoms. The molecule has 12 rings (SSSR count). The third kappa shape index (κ3) is 15.4. The number of pyridine rings is 3. The van der Waals surface area contributed by atoms with E-state index in [4.69, 9.17) is 24.7 Å². The van der Waals surface area contributed by atoms with Gasteiger partial charge in [-0.25, -0.2) is 27.6 Å². The first-order valence-corrected chi connectivity index (χ1v) is 34.2. The van der Waals surface area contributed by atoms with Crippen molar-refractivity contribution in [2.45, 2.75) is 208 Å². The van der Waals surface area contributed by atoms with E-state index < -0.39 is 35.2 Å². The van der Waals surface area contributed by atoms with Gasteiger partial charge in [-0.05, 0) is 212 Å². The number of amides is 2. The summed E-state index contributed by atoms with van der Waals surface area (Å²) in [5.41, 5.74) is 11.7. The number of aliphatic hydroxyl groups excluding tert-OH is 1. The summed E-state index contributed by atoms with van der Waals surface area (Å²) in [6, 6.07) is 8.92. The van der Waals surface area contributed by atoms with E-state index in [0.717, 1.165) is 98.5 Å². The number of halogens is 3. The zero-order chi connectivity index (χ0) is 69.7. The van der Waals surface area contributed by atoms with Crippen LogP contribution in [0.15, 0.2) is 50.8 Å². The molecule has 5 N–H and O–H groups in total. The average molecular weight is 1330 g/mol. The highest BCUT2D eigenvalue weighted by Gasteiger charge is 2.38. The molecule has 3 saturated carbocycles. The van der Waals surface area contributed by atoms with Gasteiger partial charge < -0.3 is 68.8 Å². The van der Waals surface area contributed by atoms with E-state index in [2.05, 4.69) is 15.5 Å². The Morgan fingerprint density at radius 3 is 1.27 bits per heavy atom. The number of nitrogens with zero attached hydrogens (tertiary/aromatic N) is 6. The molecule has 6 aromatic rings. The Kier molecular flexibility index (Phi) is 21.1. The minimum Gasteiger partial charge on any atom is -0.462 e. The number of methoxy groups -OCH3 is 1. The maximum absolute atomic E-state index is 15.7. The van der Waals surface area contributed by atoms with Gasteiger partial charge in [0.25, 0.3) is 16.7 Å². The molecular formula is C73H98F3N9O11. The number of aromatic nitrogens is 3. The summed E-state index contributed by atoms with van der Waals surface area (Å²) in [6.07, 6.45) is 7.23. The number of alkyl carbamates (subject to hydrolysis) is 2. The number of aryl methyl sites for hydroxylation is 3. The van der Waals surface area contributed by atoms with Gasteiger partial charge in [-0.1, -0.05) is 0 Å². The van der Waals surface area contributed by atoms with E-state index in [9.17, 15) is 33.9 Å². The zero-order valence-corrected chi connectivity index (χ0v) is 58.3.